The van der Waals surface area contributed by atoms with Crippen LogP contribution in [0.2, 0.25) is 0 Å². The van der Waals surface area contributed by atoms with Crippen LogP contribution in [0, 0.1) is 0 Å². The van der Waals surface area contributed by atoms with Crippen molar-refractivity contribution in [3.63, 3.8) is 0 Å². The van der Waals surface area contributed by atoms with Crippen molar-refractivity contribution < 1.29 is 13.9 Å². The third-order valence-corrected chi connectivity index (χ3v) is 3.56. The molecule has 1 amide bonds. The molecule has 3 rings (SSSR count). The van der Waals surface area contributed by atoms with Crippen molar-refractivity contribution in [3.8, 4) is 0 Å². The summed E-state index contributed by atoms with van der Waals surface area (Å²) in [4.78, 5) is 11.7. The lowest BCUT2D eigenvalue weighted by molar-refractivity contribution is 0.154. The molecule has 106 valence electrons. The van der Waals surface area contributed by atoms with Gasteiger partial charge in [0.25, 0.3) is 0 Å². The van der Waals surface area contributed by atoms with Gasteiger partial charge in [-0.3, -0.25) is 5.32 Å². The van der Waals surface area contributed by atoms with E-state index in [1.807, 2.05) is 48.5 Å². The van der Waals surface area contributed by atoms with Crippen LogP contribution in [0.25, 0.3) is 11.0 Å². The first kappa shape index (κ1) is 13.7. The Morgan fingerprint density at radius 2 is 1.95 bits per heavy atom. The molecule has 0 fully saturated rings. The Morgan fingerprint density at radius 3 is 2.71 bits per heavy atom. The summed E-state index contributed by atoms with van der Waals surface area (Å²) in [5.74, 6) is 0.356. The van der Waals surface area contributed by atoms with Crippen LogP contribution in [0.15, 0.2) is 63.5 Å². The minimum atomic E-state index is -0.547. The first-order valence-electron chi connectivity index (χ1n) is 6.38. The van der Waals surface area contributed by atoms with E-state index in [0.29, 0.717) is 11.5 Å². The molecule has 0 aliphatic heterocycles. The number of fused-ring (bicyclic) bond motifs is 1. The monoisotopic (exact) mass is 345 g/mol. The number of carbonyl (C=O) groups excluding carboxylic acids is 1. The van der Waals surface area contributed by atoms with Crippen LogP contribution in [-0.4, -0.2) is 6.09 Å². The van der Waals surface area contributed by atoms with Crippen LogP contribution in [0.1, 0.15) is 5.56 Å². The van der Waals surface area contributed by atoms with Gasteiger partial charge in [0.15, 0.2) is 5.58 Å². The van der Waals surface area contributed by atoms with Crippen LogP contribution in [-0.2, 0) is 11.3 Å². The van der Waals surface area contributed by atoms with E-state index in [4.69, 9.17) is 9.15 Å². The Hall–Kier alpha value is -2.27. The van der Waals surface area contributed by atoms with Gasteiger partial charge in [0.2, 0.25) is 5.88 Å². The van der Waals surface area contributed by atoms with E-state index in [0.717, 1.165) is 15.4 Å². The number of ether oxygens (including phenoxy) is 1. The molecule has 2 aromatic carbocycles. The normalized spacial score (nSPS) is 10.5. The van der Waals surface area contributed by atoms with Gasteiger partial charge in [-0.25, -0.2) is 4.79 Å². The molecule has 5 heteroatoms. The average Bonchev–Trinajstić information content (AvgIpc) is 2.90. The van der Waals surface area contributed by atoms with Crippen molar-refractivity contribution in [3.05, 3.63) is 64.6 Å². The van der Waals surface area contributed by atoms with Gasteiger partial charge in [-0.15, -0.1) is 0 Å². The SMILES string of the molecule is O=C(Nc1cc2cccc(Br)c2o1)OCc1ccccc1. The predicted molar refractivity (Wildman–Crippen MR) is 84.2 cm³/mol. The lowest BCUT2D eigenvalue weighted by atomic mass is 10.2. The Bertz CT molecular complexity index is 768. The van der Waals surface area contributed by atoms with Gasteiger partial charge >= 0.3 is 6.09 Å². The molecule has 3 aromatic rings. The largest absolute Gasteiger partial charge is 0.444 e. The summed E-state index contributed by atoms with van der Waals surface area (Å²) in [6, 6.07) is 16.9. The Balaban J connectivity index is 1.65. The van der Waals surface area contributed by atoms with E-state index in [-0.39, 0.29) is 6.61 Å². The summed E-state index contributed by atoms with van der Waals surface area (Å²) >= 11 is 3.40. The number of anilines is 1. The molecular formula is C16H12BrNO3. The molecule has 1 aromatic heterocycles. The third-order valence-electron chi connectivity index (χ3n) is 2.93. The summed E-state index contributed by atoms with van der Waals surface area (Å²) in [5, 5.41) is 3.49. The standard InChI is InChI=1S/C16H12BrNO3/c17-13-8-4-7-12-9-14(21-15(12)13)18-16(19)20-10-11-5-2-1-3-6-11/h1-9H,10H2,(H,18,19). The first-order valence-corrected chi connectivity index (χ1v) is 7.17. The Morgan fingerprint density at radius 1 is 1.14 bits per heavy atom. The summed E-state index contributed by atoms with van der Waals surface area (Å²) in [5.41, 5.74) is 1.62. The second-order valence-corrected chi connectivity index (χ2v) is 5.31. The average molecular weight is 346 g/mol. The molecule has 0 radical (unpaired) electrons. The number of amides is 1. The zero-order chi connectivity index (χ0) is 14.7. The number of hydrogen-bond donors (Lipinski definition) is 1. The van der Waals surface area contributed by atoms with Gasteiger partial charge in [-0.1, -0.05) is 42.5 Å². The summed E-state index contributed by atoms with van der Waals surface area (Å²) in [7, 11) is 0. The molecule has 21 heavy (non-hydrogen) atoms. The Labute approximate surface area is 129 Å². The molecule has 0 aliphatic rings. The van der Waals surface area contributed by atoms with Gasteiger partial charge in [-0.2, -0.15) is 0 Å². The maximum atomic E-state index is 11.7. The quantitative estimate of drug-likeness (QED) is 0.730. The van der Waals surface area contributed by atoms with Crippen molar-refractivity contribution in [2.45, 2.75) is 6.61 Å². The number of carbonyl (C=O) groups is 1. The van der Waals surface area contributed by atoms with Crippen molar-refractivity contribution in [1.82, 2.24) is 0 Å². The van der Waals surface area contributed by atoms with E-state index in [9.17, 15) is 4.79 Å². The highest BCUT2D eigenvalue weighted by Crippen LogP contribution is 2.29. The van der Waals surface area contributed by atoms with Crippen molar-refractivity contribution in [1.29, 1.82) is 0 Å². The molecule has 0 atom stereocenters. The highest BCUT2D eigenvalue weighted by atomic mass is 79.9. The highest BCUT2D eigenvalue weighted by molar-refractivity contribution is 9.10. The molecule has 0 aliphatic carbocycles. The van der Waals surface area contributed by atoms with Crippen LogP contribution in [0.3, 0.4) is 0 Å². The van der Waals surface area contributed by atoms with Gasteiger partial charge in [-0.05, 0) is 27.6 Å². The molecule has 1 heterocycles. The third kappa shape index (κ3) is 3.25. The molecule has 4 nitrogen and oxygen atoms in total. The number of para-hydroxylation sites is 1. The predicted octanol–water partition coefficient (Wildman–Crippen LogP) is 4.94. The van der Waals surface area contributed by atoms with E-state index < -0.39 is 6.09 Å². The number of halogens is 1. The number of furan rings is 1. The molecule has 0 unspecified atom stereocenters. The topological polar surface area (TPSA) is 51.5 Å². The van der Waals surface area contributed by atoms with Gasteiger partial charge in [0.05, 0.1) is 4.47 Å². The molecular weight excluding hydrogens is 334 g/mol. The van der Waals surface area contributed by atoms with Gasteiger partial charge in [0.1, 0.15) is 6.61 Å². The Kier molecular flexibility index (Phi) is 3.92. The fourth-order valence-electron chi connectivity index (χ4n) is 1.95. The summed E-state index contributed by atoms with van der Waals surface area (Å²) in [6.07, 6.45) is -0.547. The van der Waals surface area contributed by atoms with E-state index in [1.54, 1.807) is 6.07 Å². The minimum absolute atomic E-state index is 0.219. The molecule has 0 saturated carbocycles. The maximum Gasteiger partial charge on any atom is 0.414 e. The van der Waals surface area contributed by atoms with E-state index in [2.05, 4.69) is 21.2 Å². The van der Waals surface area contributed by atoms with Crippen molar-refractivity contribution in [2.75, 3.05) is 5.32 Å². The van der Waals surface area contributed by atoms with E-state index in [1.165, 1.54) is 0 Å². The van der Waals surface area contributed by atoms with Crippen molar-refractivity contribution in [2.24, 2.45) is 0 Å². The highest BCUT2D eigenvalue weighted by Gasteiger charge is 2.10. The number of nitrogens with one attached hydrogen (secondary N) is 1. The van der Waals surface area contributed by atoms with Crippen molar-refractivity contribution >= 4 is 38.9 Å². The van der Waals surface area contributed by atoms with E-state index >= 15 is 0 Å². The van der Waals surface area contributed by atoms with Crippen LogP contribution in [0.5, 0.6) is 0 Å². The fourth-order valence-corrected chi connectivity index (χ4v) is 2.41. The zero-order valence-corrected chi connectivity index (χ0v) is 12.6. The minimum Gasteiger partial charge on any atom is -0.444 e. The summed E-state index contributed by atoms with van der Waals surface area (Å²) in [6.45, 7) is 0.219. The van der Waals surface area contributed by atoms with Gasteiger partial charge < -0.3 is 9.15 Å². The lowest BCUT2D eigenvalue weighted by Crippen LogP contribution is -2.12. The first-order chi connectivity index (χ1) is 10.2. The number of hydrogen-bond acceptors (Lipinski definition) is 3. The second kappa shape index (κ2) is 6.01. The smallest absolute Gasteiger partial charge is 0.414 e. The van der Waals surface area contributed by atoms with Crippen LogP contribution in [0.4, 0.5) is 10.7 Å². The molecule has 0 saturated heterocycles. The zero-order valence-electron chi connectivity index (χ0n) is 11.0. The maximum absolute atomic E-state index is 11.7. The van der Waals surface area contributed by atoms with Crippen LogP contribution < -0.4 is 5.32 Å². The molecule has 0 bridgehead atoms. The van der Waals surface area contributed by atoms with Crippen LogP contribution >= 0.6 is 15.9 Å². The fraction of sp³-hybridized carbons (Fsp3) is 0.0625. The lowest BCUT2D eigenvalue weighted by Gasteiger charge is -2.04. The second-order valence-electron chi connectivity index (χ2n) is 4.46. The summed E-state index contributed by atoms with van der Waals surface area (Å²) < 4.78 is 11.5. The molecule has 1 N–H and O–H groups in total. The number of benzene rings is 2. The number of rotatable bonds is 3. The molecule has 0 spiro atoms. The van der Waals surface area contributed by atoms with Gasteiger partial charge in [0, 0.05) is 11.5 Å².